The topological polar surface area (TPSA) is 54.5 Å². The summed E-state index contributed by atoms with van der Waals surface area (Å²) in [6.45, 7) is 1.98. The minimum absolute atomic E-state index is 0.285. The number of rotatable bonds is 2. The number of aryl methyl sites for hydroxylation is 1. The lowest BCUT2D eigenvalue weighted by Crippen LogP contribution is -2.32. The minimum atomic E-state index is -0.285. The van der Waals surface area contributed by atoms with Crippen molar-refractivity contribution >= 4 is 22.4 Å². The Morgan fingerprint density at radius 3 is 2.81 bits per heavy atom. The highest BCUT2D eigenvalue weighted by Gasteiger charge is 2.39. The van der Waals surface area contributed by atoms with Gasteiger partial charge >= 0.3 is 0 Å². The van der Waals surface area contributed by atoms with Crippen LogP contribution in [0.3, 0.4) is 0 Å². The van der Waals surface area contributed by atoms with E-state index in [0.717, 1.165) is 46.4 Å². The number of benzene rings is 1. The molecule has 0 bridgehead atoms. The molecule has 0 aliphatic heterocycles. The molecule has 0 N–H and O–H groups in total. The number of hydrogen-bond donors (Lipinski definition) is 0. The molecule has 1 aliphatic carbocycles. The second-order valence-corrected chi connectivity index (χ2v) is 6.47. The van der Waals surface area contributed by atoms with Crippen LogP contribution in [0.25, 0.3) is 15.9 Å². The molecule has 4 nitrogen and oxygen atoms in total. The zero-order valence-corrected chi connectivity index (χ0v) is 12.5. The monoisotopic (exact) mass is 294 g/mol. The van der Waals surface area contributed by atoms with Gasteiger partial charge in [-0.2, -0.15) is 14.7 Å². The summed E-state index contributed by atoms with van der Waals surface area (Å²) in [5, 5.41) is 16.1. The average Bonchev–Trinajstić information content (AvgIpc) is 3.03. The van der Waals surface area contributed by atoms with Gasteiger partial charge in [0.25, 0.3) is 0 Å². The van der Waals surface area contributed by atoms with Crippen molar-refractivity contribution < 1.29 is 0 Å². The maximum atomic E-state index is 9.52. The summed E-state index contributed by atoms with van der Waals surface area (Å²) < 4.78 is 6.25. The van der Waals surface area contributed by atoms with E-state index in [1.54, 1.807) is 0 Å². The predicted octanol–water partition coefficient (Wildman–Crippen LogP) is 3.74. The molecule has 2 aromatic heterocycles. The van der Waals surface area contributed by atoms with E-state index in [0.29, 0.717) is 0 Å². The van der Waals surface area contributed by atoms with Gasteiger partial charge in [0.1, 0.15) is 5.00 Å². The summed E-state index contributed by atoms with van der Waals surface area (Å²) in [5.74, 6) is 0. The third-order valence-corrected chi connectivity index (χ3v) is 5.23. The first-order valence-corrected chi connectivity index (χ1v) is 7.82. The van der Waals surface area contributed by atoms with Gasteiger partial charge < -0.3 is 0 Å². The van der Waals surface area contributed by atoms with Gasteiger partial charge in [-0.1, -0.05) is 12.1 Å². The first-order valence-electron chi connectivity index (χ1n) is 7.05. The molecule has 1 fully saturated rings. The van der Waals surface area contributed by atoms with Crippen LogP contribution in [-0.2, 0) is 5.41 Å². The summed E-state index contributed by atoms with van der Waals surface area (Å²) in [5.41, 5.74) is 2.89. The molecular formula is C16H14N4S. The van der Waals surface area contributed by atoms with Crippen LogP contribution in [0.1, 0.15) is 30.5 Å². The van der Waals surface area contributed by atoms with Gasteiger partial charge in [0.15, 0.2) is 0 Å². The van der Waals surface area contributed by atoms with E-state index in [1.807, 2.05) is 23.9 Å². The maximum Gasteiger partial charge on any atom is 0.138 e. The summed E-state index contributed by atoms with van der Waals surface area (Å²) in [6, 6.07) is 10.8. The summed E-state index contributed by atoms with van der Waals surface area (Å²) >= 11 is 1.45. The predicted molar refractivity (Wildman–Crippen MR) is 82.6 cm³/mol. The highest BCUT2D eigenvalue weighted by Crippen LogP contribution is 2.43. The van der Waals surface area contributed by atoms with E-state index >= 15 is 0 Å². The minimum Gasteiger partial charge on any atom is -0.221 e. The Morgan fingerprint density at radius 1 is 1.33 bits per heavy atom. The number of fused-ring (bicyclic) bond motifs is 1. The van der Waals surface area contributed by atoms with Crippen molar-refractivity contribution in [3.8, 4) is 11.1 Å². The highest BCUT2D eigenvalue weighted by atomic mass is 32.1. The average molecular weight is 294 g/mol. The molecule has 1 saturated carbocycles. The first kappa shape index (κ1) is 12.5. The summed E-state index contributed by atoms with van der Waals surface area (Å²) in [6.07, 6.45) is 4.93. The highest BCUT2D eigenvalue weighted by molar-refractivity contribution is 7.08. The third-order valence-electron chi connectivity index (χ3n) is 4.37. The lowest BCUT2D eigenvalue weighted by atomic mass is 9.65. The van der Waals surface area contributed by atoms with Crippen LogP contribution in [-0.4, -0.2) is 14.2 Å². The van der Waals surface area contributed by atoms with Crippen molar-refractivity contribution in [2.24, 2.45) is 0 Å². The fourth-order valence-electron chi connectivity index (χ4n) is 2.94. The fourth-order valence-corrected chi connectivity index (χ4v) is 3.67. The lowest BCUT2D eigenvalue weighted by molar-refractivity contribution is 0.324. The van der Waals surface area contributed by atoms with Crippen molar-refractivity contribution in [3.63, 3.8) is 0 Å². The molecule has 0 amide bonds. The number of hydrogen-bond acceptors (Lipinski definition) is 4. The van der Waals surface area contributed by atoms with E-state index in [-0.39, 0.29) is 5.41 Å². The molecule has 1 aliphatic rings. The molecule has 5 heteroatoms. The normalized spacial score (nSPS) is 16.6. The van der Waals surface area contributed by atoms with Gasteiger partial charge in [0.2, 0.25) is 0 Å². The standard InChI is InChI=1S/C16H14N4S/c1-11-7-15(21-19-11)20-14-8-13(4-3-12(14)9-18-20)16(10-17)5-2-6-16/h3-4,7-9H,2,5-6H2,1H3. The fraction of sp³-hybridized carbons (Fsp3) is 0.312. The van der Waals surface area contributed by atoms with Crippen molar-refractivity contribution in [2.45, 2.75) is 31.6 Å². The second-order valence-electron chi connectivity index (χ2n) is 5.68. The van der Waals surface area contributed by atoms with E-state index in [1.165, 1.54) is 11.5 Å². The van der Waals surface area contributed by atoms with Crippen molar-refractivity contribution in [3.05, 3.63) is 41.7 Å². The van der Waals surface area contributed by atoms with Crippen LogP contribution in [0.15, 0.2) is 30.5 Å². The Balaban J connectivity index is 1.89. The van der Waals surface area contributed by atoms with E-state index < -0.39 is 0 Å². The van der Waals surface area contributed by atoms with Crippen LogP contribution in [0.5, 0.6) is 0 Å². The maximum absolute atomic E-state index is 9.52. The van der Waals surface area contributed by atoms with E-state index in [2.05, 4.69) is 33.7 Å². The molecule has 21 heavy (non-hydrogen) atoms. The Bertz CT molecular complexity index is 864. The Morgan fingerprint density at radius 2 is 2.19 bits per heavy atom. The van der Waals surface area contributed by atoms with E-state index in [4.69, 9.17) is 0 Å². The quantitative estimate of drug-likeness (QED) is 0.723. The van der Waals surface area contributed by atoms with Crippen LogP contribution in [0, 0.1) is 18.3 Å². The molecule has 0 atom stereocenters. The van der Waals surface area contributed by atoms with Gasteiger partial charge in [-0.05, 0) is 55.4 Å². The molecule has 1 aromatic carbocycles. The van der Waals surface area contributed by atoms with Gasteiger partial charge in [-0.3, -0.25) is 0 Å². The zero-order chi connectivity index (χ0) is 14.4. The second kappa shape index (κ2) is 4.40. The first-order chi connectivity index (χ1) is 10.2. The summed E-state index contributed by atoms with van der Waals surface area (Å²) in [7, 11) is 0. The largest absolute Gasteiger partial charge is 0.221 e. The van der Waals surface area contributed by atoms with Gasteiger partial charge in [-0.25, -0.2) is 4.68 Å². The molecule has 2 heterocycles. The molecule has 4 rings (SSSR count). The molecule has 104 valence electrons. The number of nitriles is 1. The number of nitrogens with zero attached hydrogens (tertiary/aromatic N) is 4. The Kier molecular flexibility index (Phi) is 2.63. The van der Waals surface area contributed by atoms with Gasteiger partial charge in [0.05, 0.1) is 28.9 Å². The molecule has 0 spiro atoms. The van der Waals surface area contributed by atoms with Crippen molar-refractivity contribution in [1.82, 2.24) is 14.2 Å². The van der Waals surface area contributed by atoms with Gasteiger partial charge in [0, 0.05) is 5.39 Å². The van der Waals surface area contributed by atoms with Crippen LogP contribution < -0.4 is 0 Å². The van der Waals surface area contributed by atoms with Crippen molar-refractivity contribution in [1.29, 1.82) is 5.26 Å². The molecule has 3 aromatic rings. The van der Waals surface area contributed by atoms with Crippen molar-refractivity contribution in [2.75, 3.05) is 0 Å². The van der Waals surface area contributed by atoms with Crippen LogP contribution >= 0.6 is 11.5 Å². The lowest BCUT2D eigenvalue weighted by Gasteiger charge is -2.35. The molecule has 0 saturated heterocycles. The molecular weight excluding hydrogens is 280 g/mol. The Hall–Kier alpha value is -2.19. The smallest absolute Gasteiger partial charge is 0.138 e. The Labute approximate surface area is 126 Å². The van der Waals surface area contributed by atoms with E-state index in [9.17, 15) is 5.26 Å². The summed E-state index contributed by atoms with van der Waals surface area (Å²) in [4.78, 5) is 0. The molecule has 0 unspecified atom stereocenters. The number of aromatic nitrogens is 3. The van der Waals surface area contributed by atoms with Crippen LogP contribution in [0.4, 0.5) is 0 Å². The zero-order valence-electron chi connectivity index (χ0n) is 11.7. The van der Waals surface area contributed by atoms with Gasteiger partial charge in [-0.15, -0.1) is 0 Å². The molecule has 0 radical (unpaired) electrons. The SMILES string of the molecule is Cc1cc(-n2ncc3ccc(C4(C#N)CCC4)cc32)sn1. The van der Waals surface area contributed by atoms with Crippen LogP contribution in [0.2, 0.25) is 0 Å². The third kappa shape index (κ3) is 1.79.